The molecule has 27 heavy (non-hydrogen) atoms. The van der Waals surface area contributed by atoms with E-state index in [1.807, 2.05) is 68.4 Å². The molecule has 3 rings (SSSR count). The van der Waals surface area contributed by atoms with Crippen molar-refractivity contribution >= 4 is 17.5 Å². The number of rotatable bonds is 6. The first-order chi connectivity index (χ1) is 13.1. The Bertz CT molecular complexity index is 925. The van der Waals surface area contributed by atoms with Gasteiger partial charge in [-0.25, -0.2) is 9.97 Å². The molecule has 2 N–H and O–H groups in total. The predicted octanol–water partition coefficient (Wildman–Crippen LogP) is 4.77. The van der Waals surface area contributed by atoms with Crippen molar-refractivity contribution in [2.45, 2.75) is 33.2 Å². The van der Waals surface area contributed by atoms with E-state index in [2.05, 4.69) is 27.5 Å². The number of hydrogen-bond donors (Lipinski definition) is 2. The van der Waals surface area contributed by atoms with Gasteiger partial charge in [0, 0.05) is 11.4 Å². The summed E-state index contributed by atoms with van der Waals surface area (Å²) < 4.78 is 0. The van der Waals surface area contributed by atoms with Gasteiger partial charge < -0.3 is 10.6 Å². The zero-order valence-corrected chi connectivity index (χ0v) is 15.9. The molecule has 1 atom stereocenters. The largest absolute Gasteiger partial charge is 0.348 e. The Morgan fingerprint density at radius 3 is 2.48 bits per heavy atom. The molecule has 0 aliphatic heterocycles. The van der Waals surface area contributed by atoms with Crippen LogP contribution in [0, 0.1) is 6.92 Å². The summed E-state index contributed by atoms with van der Waals surface area (Å²) >= 11 is 0. The molecule has 138 valence electrons. The van der Waals surface area contributed by atoms with Crippen molar-refractivity contribution in [3.05, 3.63) is 83.2 Å². The third kappa shape index (κ3) is 4.70. The maximum atomic E-state index is 12.7. The zero-order valence-electron chi connectivity index (χ0n) is 15.9. The fourth-order valence-corrected chi connectivity index (χ4v) is 2.91. The molecule has 1 amide bonds. The first kappa shape index (κ1) is 18.6. The maximum absolute atomic E-state index is 12.7. The van der Waals surface area contributed by atoms with E-state index in [1.165, 1.54) is 0 Å². The Labute approximate surface area is 159 Å². The monoisotopic (exact) mass is 360 g/mol. The molecule has 2 aromatic carbocycles. The van der Waals surface area contributed by atoms with Gasteiger partial charge in [0.1, 0.15) is 5.69 Å². The van der Waals surface area contributed by atoms with Crippen molar-refractivity contribution in [3.63, 3.8) is 0 Å². The summed E-state index contributed by atoms with van der Waals surface area (Å²) in [4.78, 5) is 21.5. The van der Waals surface area contributed by atoms with Crippen molar-refractivity contribution in [2.75, 3.05) is 10.6 Å². The average molecular weight is 360 g/mol. The second kappa shape index (κ2) is 8.45. The number of nitrogens with zero attached hydrogens (tertiary/aromatic N) is 2. The zero-order chi connectivity index (χ0) is 19.2. The van der Waals surface area contributed by atoms with Gasteiger partial charge in [-0.3, -0.25) is 4.79 Å². The van der Waals surface area contributed by atoms with Crippen molar-refractivity contribution in [2.24, 2.45) is 0 Å². The molecule has 0 spiro atoms. The maximum Gasteiger partial charge on any atom is 0.274 e. The van der Waals surface area contributed by atoms with Gasteiger partial charge in [0.2, 0.25) is 5.95 Å². The first-order valence-corrected chi connectivity index (χ1v) is 9.13. The highest BCUT2D eigenvalue weighted by Crippen LogP contribution is 2.19. The summed E-state index contributed by atoms with van der Waals surface area (Å²) in [5, 5.41) is 6.24. The third-order valence-corrected chi connectivity index (χ3v) is 4.38. The van der Waals surface area contributed by atoms with Gasteiger partial charge >= 0.3 is 0 Å². The lowest BCUT2D eigenvalue weighted by atomic mass is 10.1. The second-order valence-electron chi connectivity index (χ2n) is 6.46. The lowest BCUT2D eigenvalue weighted by Crippen LogP contribution is -2.17. The average Bonchev–Trinajstić information content (AvgIpc) is 2.68. The van der Waals surface area contributed by atoms with E-state index in [4.69, 9.17) is 0 Å². The van der Waals surface area contributed by atoms with Gasteiger partial charge in [-0.2, -0.15) is 0 Å². The third-order valence-electron chi connectivity index (χ3n) is 4.38. The van der Waals surface area contributed by atoms with Crippen LogP contribution in [0.5, 0.6) is 0 Å². The highest BCUT2D eigenvalue weighted by atomic mass is 16.1. The molecule has 0 bridgehead atoms. The van der Waals surface area contributed by atoms with Crippen LogP contribution >= 0.6 is 0 Å². The minimum atomic E-state index is -0.239. The highest BCUT2D eigenvalue weighted by Gasteiger charge is 2.14. The van der Waals surface area contributed by atoms with Gasteiger partial charge in [0.15, 0.2) is 0 Å². The number of aromatic nitrogens is 2. The lowest BCUT2D eigenvalue weighted by molar-refractivity contribution is 0.102. The second-order valence-corrected chi connectivity index (χ2v) is 6.46. The number of nitrogens with one attached hydrogen (secondary N) is 2. The van der Waals surface area contributed by atoms with Crippen LogP contribution in [0.2, 0.25) is 0 Å². The summed E-state index contributed by atoms with van der Waals surface area (Å²) in [7, 11) is 0. The summed E-state index contributed by atoms with van der Waals surface area (Å²) in [6.45, 7) is 5.96. The molecule has 5 heteroatoms. The van der Waals surface area contributed by atoms with Crippen LogP contribution in [0.3, 0.4) is 0 Å². The van der Waals surface area contributed by atoms with E-state index in [0.717, 1.165) is 28.9 Å². The topological polar surface area (TPSA) is 66.9 Å². The molecule has 1 heterocycles. The fourth-order valence-electron chi connectivity index (χ4n) is 2.91. The molecule has 0 aliphatic rings. The van der Waals surface area contributed by atoms with Crippen molar-refractivity contribution in [1.29, 1.82) is 0 Å². The Kier molecular flexibility index (Phi) is 5.81. The molecule has 3 aromatic rings. The van der Waals surface area contributed by atoms with E-state index < -0.39 is 0 Å². The molecular formula is C22H24N4O. The fraction of sp³-hybridized carbons (Fsp3) is 0.227. The number of hydrogen-bond acceptors (Lipinski definition) is 4. The SMILES string of the molecule is CCc1ccccc1NC(=O)c1cc(C)nc(NC(C)c2ccccc2)n1. The van der Waals surface area contributed by atoms with Gasteiger partial charge in [-0.05, 0) is 43.5 Å². The number of carbonyl (C=O) groups is 1. The highest BCUT2D eigenvalue weighted by molar-refractivity contribution is 6.03. The molecule has 0 saturated carbocycles. The van der Waals surface area contributed by atoms with E-state index in [-0.39, 0.29) is 11.9 Å². The lowest BCUT2D eigenvalue weighted by Gasteiger charge is -2.15. The van der Waals surface area contributed by atoms with E-state index in [1.54, 1.807) is 6.07 Å². The Balaban J connectivity index is 1.79. The van der Waals surface area contributed by atoms with Crippen LogP contribution < -0.4 is 10.6 Å². The van der Waals surface area contributed by atoms with E-state index >= 15 is 0 Å². The predicted molar refractivity (Wildman–Crippen MR) is 109 cm³/mol. The number of benzene rings is 2. The molecule has 0 fully saturated rings. The van der Waals surface area contributed by atoms with Crippen LogP contribution in [0.4, 0.5) is 11.6 Å². The Morgan fingerprint density at radius 1 is 1.04 bits per heavy atom. The smallest absolute Gasteiger partial charge is 0.274 e. The van der Waals surface area contributed by atoms with Crippen LogP contribution in [0.1, 0.15) is 47.2 Å². The quantitative estimate of drug-likeness (QED) is 0.664. The number of aryl methyl sites for hydroxylation is 2. The summed E-state index contributed by atoms with van der Waals surface area (Å²) in [6.07, 6.45) is 0.848. The first-order valence-electron chi connectivity index (χ1n) is 9.13. The van der Waals surface area contributed by atoms with Crippen LogP contribution in [-0.4, -0.2) is 15.9 Å². The number of anilines is 2. The number of amides is 1. The standard InChI is InChI=1S/C22H24N4O/c1-4-17-10-8-9-13-19(17)25-21(27)20-14-15(2)23-22(26-20)24-16(3)18-11-6-5-7-12-18/h5-14,16H,4H2,1-3H3,(H,25,27)(H,23,24,26). The van der Waals surface area contributed by atoms with Crippen LogP contribution in [-0.2, 0) is 6.42 Å². The van der Waals surface area contributed by atoms with Crippen LogP contribution in [0.15, 0.2) is 60.7 Å². The number of carbonyl (C=O) groups excluding carboxylic acids is 1. The van der Waals surface area contributed by atoms with Gasteiger partial charge in [0.25, 0.3) is 5.91 Å². The van der Waals surface area contributed by atoms with Crippen molar-refractivity contribution in [3.8, 4) is 0 Å². The molecule has 1 unspecified atom stereocenters. The molecule has 5 nitrogen and oxygen atoms in total. The number of para-hydroxylation sites is 1. The summed E-state index contributed by atoms with van der Waals surface area (Å²) in [5.74, 6) is 0.206. The van der Waals surface area contributed by atoms with Gasteiger partial charge in [-0.1, -0.05) is 55.5 Å². The minimum Gasteiger partial charge on any atom is -0.348 e. The van der Waals surface area contributed by atoms with Gasteiger partial charge in [-0.15, -0.1) is 0 Å². The molecule has 0 radical (unpaired) electrons. The van der Waals surface area contributed by atoms with Crippen molar-refractivity contribution in [1.82, 2.24) is 9.97 Å². The normalized spacial score (nSPS) is 11.7. The minimum absolute atomic E-state index is 0.0322. The Morgan fingerprint density at radius 2 is 1.74 bits per heavy atom. The van der Waals surface area contributed by atoms with Crippen molar-refractivity contribution < 1.29 is 4.79 Å². The van der Waals surface area contributed by atoms with Crippen LogP contribution in [0.25, 0.3) is 0 Å². The molecular weight excluding hydrogens is 336 g/mol. The van der Waals surface area contributed by atoms with Gasteiger partial charge in [0.05, 0.1) is 6.04 Å². The van der Waals surface area contributed by atoms with E-state index in [9.17, 15) is 4.79 Å². The molecule has 0 aliphatic carbocycles. The summed E-state index contributed by atoms with van der Waals surface area (Å²) in [5.41, 5.74) is 4.12. The summed E-state index contributed by atoms with van der Waals surface area (Å²) in [6, 6.07) is 19.6. The molecule has 0 saturated heterocycles. The molecule has 1 aromatic heterocycles. The van der Waals surface area contributed by atoms with E-state index in [0.29, 0.717) is 11.6 Å². The Hall–Kier alpha value is -3.21.